The van der Waals surface area contributed by atoms with Crippen LogP contribution in [0.4, 0.5) is 18.9 Å². The van der Waals surface area contributed by atoms with Crippen molar-refractivity contribution in [2.75, 3.05) is 25.1 Å². The number of nitrogens with zero attached hydrogens (tertiary/aromatic N) is 4. The van der Waals surface area contributed by atoms with Crippen molar-refractivity contribution >= 4 is 34.1 Å². The molecule has 2 aliphatic heterocycles. The van der Waals surface area contributed by atoms with Crippen molar-refractivity contribution in [1.82, 2.24) is 19.7 Å². The second-order valence-electron chi connectivity index (χ2n) is 12.9. The van der Waals surface area contributed by atoms with Crippen molar-refractivity contribution in [2.45, 2.75) is 90.5 Å². The highest BCUT2D eigenvalue weighted by Crippen LogP contribution is 2.60. The molecule has 240 valence electrons. The van der Waals surface area contributed by atoms with Crippen LogP contribution in [0.1, 0.15) is 78.5 Å². The minimum absolute atomic E-state index is 0.0535. The molecule has 6 rings (SSSR count). The number of hydrogen-bond donors (Lipinski definition) is 1. The molecule has 0 spiro atoms. The molecule has 3 aromatic rings. The first-order valence-electron chi connectivity index (χ1n) is 15.6. The van der Waals surface area contributed by atoms with Crippen molar-refractivity contribution in [3.63, 3.8) is 0 Å². The Kier molecular flexibility index (Phi) is 8.21. The Bertz CT molecular complexity index is 1670. The van der Waals surface area contributed by atoms with Gasteiger partial charge in [0.05, 0.1) is 36.0 Å². The lowest BCUT2D eigenvalue weighted by molar-refractivity contribution is -0.141. The number of carbonyl (C=O) groups is 3. The molecular formula is C33H38F3N5O4. The Morgan fingerprint density at radius 1 is 1.11 bits per heavy atom. The number of anilines is 1. The van der Waals surface area contributed by atoms with Gasteiger partial charge in [0.1, 0.15) is 17.9 Å². The molecule has 0 radical (unpaired) electrons. The maximum atomic E-state index is 14.2. The van der Waals surface area contributed by atoms with Crippen LogP contribution in [-0.4, -0.2) is 69.0 Å². The highest BCUT2D eigenvalue weighted by molar-refractivity contribution is 6.08. The van der Waals surface area contributed by atoms with Gasteiger partial charge in [-0.05, 0) is 68.9 Å². The predicted molar refractivity (Wildman–Crippen MR) is 161 cm³/mol. The molecule has 45 heavy (non-hydrogen) atoms. The molecule has 3 aliphatic rings. The van der Waals surface area contributed by atoms with Crippen molar-refractivity contribution in [2.24, 2.45) is 5.41 Å². The SMILES string of the molecule is CC(=O)c1nn2c3c(cc(C)cc13)NCCCCCCOC[C@@]13C[C@@H](C(=O)Cc4nc(C(F)(F)F)ccc4C)N(C(=O)C2)[C@@H]1C3. The maximum Gasteiger partial charge on any atom is 0.433 e. The summed E-state index contributed by atoms with van der Waals surface area (Å²) in [6, 6.07) is 5.05. The number of pyridine rings is 1. The van der Waals surface area contributed by atoms with Crippen LogP contribution >= 0.6 is 0 Å². The number of carbonyl (C=O) groups excluding carboxylic acids is 3. The van der Waals surface area contributed by atoms with E-state index in [2.05, 4.69) is 15.4 Å². The van der Waals surface area contributed by atoms with E-state index in [0.717, 1.165) is 43.0 Å². The number of alkyl halides is 3. The third-order valence-corrected chi connectivity index (χ3v) is 9.44. The first kappa shape index (κ1) is 31.2. The Morgan fingerprint density at radius 2 is 1.89 bits per heavy atom. The zero-order valence-corrected chi connectivity index (χ0v) is 25.8. The van der Waals surface area contributed by atoms with E-state index >= 15 is 0 Å². The maximum absolute atomic E-state index is 14.2. The van der Waals surface area contributed by atoms with Gasteiger partial charge in [-0.3, -0.25) is 19.1 Å². The summed E-state index contributed by atoms with van der Waals surface area (Å²) in [7, 11) is 0. The van der Waals surface area contributed by atoms with Crippen LogP contribution in [0.3, 0.4) is 0 Å². The quantitative estimate of drug-likeness (QED) is 0.385. The van der Waals surface area contributed by atoms with E-state index < -0.39 is 17.9 Å². The Morgan fingerprint density at radius 3 is 2.64 bits per heavy atom. The van der Waals surface area contributed by atoms with Crippen molar-refractivity contribution in [1.29, 1.82) is 0 Å². The number of amides is 1. The lowest BCUT2D eigenvalue weighted by Gasteiger charge is -2.27. The number of benzene rings is 1. The first-order valence-corrected chi connectivity index (χ1v) is 15.6. The van der Waals surface area contributed by atoms with E-state index in [4.69, 9.17) is 4.74 Å². The topological polar surface area (TPSA) is 106 Å². The number of rotatable bonds is 4. The van der Waals surface area contributed by atoms with Gasteiger partial charge in [0.2, 0.25) is 5.91 Å². The molecule has 9 nitrogen and oxygen atoms in total. The summed E-state index contributed by atoms with van der Waals surface area (Å²) in [5, 5.41) is 8.73. The summed E-state index contributed by atoms with van der Waals surface area (Å²) in [6.45, 7) is 6.53. The van der Waals surface area contributed by atoms with Crippen LogP contribution in [0.2, 0.25) is 0 Å². The number of hydrogen-bond acceptors (Lipinski definition) is 7. The van der Waals surface area contributed by atoms with Gasteiger partial charge in [-0.25, -0.2) is 4.98 Å². The summed E-state index contributed by atoms with van der Waals surface area (Å²) in [6.07, 6.45) is -0.0197. The highest BCUT2D eigenvalue weighted by atomic mass is 19.4. The van der Waals surface area contributed by atoms with E-state index in [1.165, 1.54) is 13.0 Å². The van der Waals surface area contributed by atoms with Gasteiger partial charge in [0, 0.05) is 36.9 Å². The molecular weight excluding hydrogens is 587 g/mol. The zero-order valence-electron chi connectivity index (χ0n) is 25.8. The molecule has 1 amide bonds. The van der Waals surface area contributed by atoms with Gasteiger partial charge in [-0.1, -0.05) is 18.9 Å². The molecule has 1 N–H and O–H groups in total. The Labute approximate surface area is 259 Å². The highest BCUT2D eigenvalue weighted by Gasteiger charge is 2.67. The fraction of sp³-hybridized carbons (Fsp3) is 0.545. The molecule has 4 heterocycles. The van der Waals surface area contributed by atoms with Crippen molar-refractivity contribution in [3.05, 3.63) is 52.5 Å². The van der Waals surface area contributed by atoms with Gasteiger partial charge >= 0.3 is 6.18 Å². The van der Waals surface area contributed by atoms with Crippen LogP contribution in [0.5, 0.6) is 0 Å². The number of ketones is 2. The number of aromatic nitrogens is 3. The normalized spacial score (nSPS) is 24.2. The number of ether oxygens (including phenoxy) is 1. The second kappa shape index (κ2) is 11.9. The summed E-state index contributed by atoms with van der Waals surface area (Å²) in [5.41, 5.74) is 1.76. The first-order chi connectivity index (χ1) is 21.4. The lowest BCUT2D eigenvalue weighted by atomic mass is 9.95. The van der Waals surface area contributed by atoms with Gasteiger partial charge < -0.3 is 15.0 Å². The second-order valence-corrected chi connectivity index (χ2v) is 12.9. The number of piperidine rings is 1. The molecule has 1 aromatic carbocycles. The van der Waals surface area contributed by atoms with E-state index in [0.29, 0.717) is 49.1 Å². The van der Waals surface area contributed by atoms with Crippen LogP contribution in [0.25, 0.3) is 10.9 Å². The van der Waals surface area contributed by atoms with Gasteiger partial charge in [-0.15, -0.1) is 0 Å². The lowest BCUT2D eigenvalue weighted by Crippen LogP contribution is -2.45. The standard InChI is InChI=1S/C33H38F3N5O4/c1-19-12-22-30(21(3)42)39-40-17-29(44)41-25(26(43)14-23-20(2)8-9-27(38-23)33(34,35)36)15-32(16-28(32)41)18-45-11-7-5-4-6-10-37-24(13-19)31(22)40/h8-9,12-13,25,28,37H,4-7,10-11,14-18H2,1-3H3/t25-,28+,32-/m0/s1. The molecule has 1 saturated carbocycles. The largest absolute Gasteiger partial charge is 0.433 e. The summed E-state index contributed by atoms with van der Waals surface area (Å²) in [4.78, 5) is 46.0. The van der Waals surface area contributed by atoms with E-state index in [9.17, 15) is 27.6 Å². The molecule has 0 unspecified atom stereocenters. The fourth-order valence-electron chi connectivity index (χ4n) is 7.02. The van der Waals surface area contributed by atoms with Gasteiger partial charge in [0.25, 0.3) is 0 Å². The smallest absolute Gasteiger partial charge is 0.383 e. The summed E-state index contributed by atoms with van der Waals surface area (Å²) >= 11 is 0. The van der Waals surface area contributed by atoms with Crippen molar-refractivity contribution in [3.8, 4) is 0 Å². The molecule has 3 atom stereocenters. The van der Waals surface area contributed by atoms with Gasteiger partial charge in [0.15, 0.2) is 11.6 Å². The minimum Gasteiger partial charge on any atom is -0.383 e. The third kappa shape index (κ3) is 6.08. The van der Waals surface area contributed by atoms with E-state index in [-0.39, 0.29) is 53.3 Å². The van der Waals surface area contributed by atoms with Crippen LogP contribution in [-0.2, 0) is 33.5 Å². The van der Waals surface area contributed by atoms with Crippen molar-refractivity contribution < 1.29 is 32.3 Å². The Hall–Kier alpha value is -3.80. The molecule has 1 aliphatic carbocycles. The van der Waals surface area contributed by atoms with Crippen LogP contribution in [0, 0.1) is 19.3 Å². The Balaban J connectivity index is 1.35. The molecule has 2 aromatic heterocycles. The van der Waals surface area contributed by atoms with Crippen LogP contribution in [0.15, 0.2) is 24.3 Å². The predicted octanol–water partition coefficient (Wildman–Crippen LogP) is 5.44. The van der Waals surface area contributed by atoms with E-state index in [1.807, 2.05) is 19.1 Å². The summed E-state index contributed by atoms with van der Waals surface area (Å²) in [5.74, 6) is -0.907. The average Bonchev–Trinajstić information content (AvgIpc) is 3.37. The monoisotopic (exact) mass is 625 g/mol. The molecule has 2 fully saturated rings. The zero-order chi connectivity index (χ0) is 32.1. The van der Waals surface area contributed by atoms with Gasteiger partial charge in [-0.2, -0.15) is 18.3 Å². The number of halogens is 3. The number of aryl methyl sites for hydroxylation is 2. The molecule has 2 bridgehead atoms. The van der Waals surface area contributed by atoms with E-state index in [1.54, 1.807) is 16.5 Å². The van der Waals surface area contributed by atoms with Crippen LogP contribution < -0.4 is 5.32 Å². The minimum atomic E-state index is -4.64. The average molecular weight is 626 g/mol. The number of Topliss-reactive ketones (excluding diaryl/α,β-unsaturated/α-hetero) is 2. The number of nitrogens with one attached hydrogen (secondary N) is 1. The molecule has 1 saturated heterocycles. The third-order valence-electron chi connectivity index (χ3n) is 9.44. The fourth-order valence-corrected chi connectivity index (χ4v) is 7.02. The summed E-state index contributed by atoms with van der Waals surface area (Å²) < 4.78 is 47.9. The molecule has 12 heteroatoms.